The number of piperidine rings is 1. The van der Waals surface area contributed by atoms with Gasteiger partial charge in [0.2, 0.25) is 5.91 Å². The van der Waals surface area contributed by atoms with Gasteiger partial charge in [-0.05, 0) is 24.8 Å². The van der Waals surface area contributed by atoms with Crippen molar-refractivity contribution < 1.29 is 9.90 Å². The molecule has 0 aliphatic carbocycles. The summed E-state index contributed by atoms with van der Waals surface area (Å²) in [5.74, 6) is 0.555. The maximum absolute atomic E-state index is 12.9. The molecule has 146 valence electrons. The molecule has 1 amide bonds. The summed E-state index contributed by atoms with van der Waals surface area (Å²) in [7, 11) is 0. The number of amides is 1. The zero-order valence-electron chi connectivity index (χ0n) is 15.9. The third-order valence-corrected chi connectivity index (χ3v) is 4.97. The number of β-amino-alcohol motifs (C(OH)–C–C–N with tert-alkyl or cyclic N) is 1. The molecule has 2 aromatic rings. The van der Waals surface area contributed by atoms with Gasteiger partial charge in [-0.25, -0.2) is 9.48 Å². The van der Waals surface area contributed by atoms with Crippen LogP contribution in [0, 0.1) is 0 Å². The van der Waals surface area contributed by atoms with E-state index >= 15 is 0 Å². The summed E-state index contributed by atoms with van der Waals surface area (Å²) < 4.78 is 2.95. The first-order chi connectivity index (χ1) is 13.1. The summed E-state index contributed by atoms with van der Waals surface area (Å²) in [6.45, 7) is 3.43. The summed E-state index contributed by atoms with van der Waals surface area (Å²) in [6, 6.07) is 9.80. The summed E-state index contributed by atoms with van der Waals surface area (Å²) in [5, 5.41) is 14.2. The average Bonchev–Trinajstić information content (AvgIpc) is 2.96. The fourth-order valence-corrected chi connectivity index (χ4v) is 3.44. The first-order valence-electron chi connectivity index (χ1n) is 9.74. The summed E-state index contributed by atoms with van der Waals surface area (Å²) in [5.41, 5.74) is 0.776. The Labute approximate surface area is 159 Å². The first kappa shape index (κ1) is 19.4. The lowest BCUT2D eigenvalue weighted by Gasteiger charge is -2.29. The van der Waals surface area contributed by atoms with Gasteiger partial charge in [-0.3, -0.25) is 9.36 Å². The molecule has 1 aliphatic heterocycles. The minimum Gasteiger partial charge on any atom is -0.391 e. The van der Waals surface area contributed by atoms with Gasteiger partial charge in [-0.1, -0.05) is 43.7 Å². The van der Waals surface area contributed by atoms with Crippen LogP contribution in [0.25, 0.3) is 0 Å². The molecule has 3 rings (SSSR count). The molecule has 0 bridgehead atoms. The van der Waals surface area contributed by atoms with Gasteiger partial charge in [-0.2, -0.15) is 5.10 Å². The molecule has 1 saturated heterocycles. The van der Waals surface area contributed by atoms with E-state index in [9.17, 15) is 14.7 Å². The van der Waals surface area contributed by atoms with Crippen LogP contribution in [0.2, 0.25) is 0 Å². The maximum Gasteiger partial charge on any atom is 0.346 e. The molecular weight excluding hydrogens is 344 g/mol. The van der Waals surface area contributed by atoms with Crippen molar-refractivity contribution in [1.82, 2.24) is 19.2 Å². The van der Waals surface area contributed by atoms with Gasteiger partial charge in [0.1, 0.15) is 12.4 Å². The number of aliphatic hydroxyl groups is 1. The number of unbranched alkanes of at least 4 members (excludes halogenated alkanes) is 1. The minimum atomic E-state index is -0.477. The normalized spacial score (nSPS) is 17.3. The summed E-state index contributed by atoms with van der Waals surface area (Å²) in [6.07, 6.45) is 3.69. The number of hydrogen-bond donors (Lipinski definition) is 1. The van der Waals surface area contributed by atoms with Crippen molar-refractivity contribution in [2.24, 2.45) is 0 Å². The van der Waals surface area contributed by atoms with E-state index in [0.29, 0.717) is 26.1 Å². The highest BCUT2D eigenvalue weighted by Crippen LogP contribution is 2.11. The number of carbonyl (C=O) groups excluding carboxylic acids is 1. The van der Waals surface area contributed by atoms with Gasteiger partial charge in [0.05, 0.1) is 12.6 Å². The highest BCUT2D eigenvalue weighted by atomic mass is 16.3. The molecule has 7 heteroatoms. The zero-order valence-corrected chi connectivity index (χ0v) is 15.9. The van der Waals surface area contributed by atoms with Crippen molar-refractivity contribution in [1.29, 1.82) is 0 Å². The van der Waals surface area contributed by atoms with Crippen LogP contribution in [0.5, 0.6) is 0 Å². The molecule has 1 aromatic carbocycles. The van der Waals surface area contributed by atoms with Crippen LogP contribution < -0.4 is 5.69 Å². The Morgan fingerprint density at radius 1 is 1.30 bits per heavy atom. The third kappa shape index (κ3) is 4.86. The van der Waals surface area contributed by atoms with E-state index in [1.165, 1.54) is 4.68 Å². The smallest absolute Gasteiger partial charge is 0.346 e. The second-order valence-corrected chi connectivity index (χ2v) is 7.17. The number of aryl methyl sites for hydroxylation is 1. The Kier molecular flexibility index (Phi) is 6.45. The molecule has 7 nitrogen and oxygen atoms in total. The lowest BCUT2D eigenvalue weighted by atomic mass is 10.1. The Morgan fingerprint density at radius 3 is 2.78 bits per heavy atom. The van der Waals surface area contributed by atoms with Crippen LogP contribution in [-0.2, 0) is 24.3 Å². The van der Waals surface area contributed by atoms with Crippen LogP contribution in [-0.4, -0.2) is 49.5 Å². The lowest BCUT2D eigenvalue weighted by Crippen LogP contribution is -2.44. The van der Waals surface area contributed by atoms with Crippen LogP contribution >= 0.6 is 0 Å². The van der Waals surface area contributed by atoms with Crippen LogP contribution in [0.1, 0.15) is 44.0 Å². The Bertz CT molecular complexity index is 812. The number of aliphatic hydroxyl groups excluding tert-OH is 1. The third-order valence-electron chi connectivity index (χ3n) is 4.97. The molecule has 0 spiro atoms. The van der Waals surface area contributed by atoms with Gasteiger partial charge < -0.3 is 10.0 Å². The molecule has 1 atom stereocenters. The van der Waals surface area contributed by atoms with Gasteiger partial charge in [0.25, 0.3) is 0 Å². The van der Waals surface area contributed by atoms with Crippen LogP contribution in [0.4, 0.5) is 0 Å². The summed E-state index contributed by atoms with van der Waals surface area (Å²) in [4.78, 5) is 27.1. The van der Waals surface area contributed by atoms with Crippen molar-refractivity contribution in [3.05, 3.63) is 52.2 Å². The highest BCUT2D eigenvalue weighted by molar-refractivity contribution is 5.76. The predicted molar refractivity (Wildman–Crippen MR) is 102 cm³/mol. The molecule has 1 aromatic heterocycles. The maximum atomic E-state index is 12.9. The zero-order chi connectivity index (χ0) is 19.2. The van der Waals surface area contributed by atoms with Crippen LogP contribution in [0.3, 0.4) is 0 Å². The number of rotatable bonds is 7. The van der Waals surface area contributed by atoms with Gasteiger partial charge in [0, 0.05) is 19.5 Å². The SMILES string of the molecule is CCCCc1nn(CC(=O)N2CCC[C@H](O)C2)c(=O)n1Cc1ccccc1. The molecule has 1 aliphatic rings. The quantitative estimate of drug-likeness (QED) is 0.797. The number of aromatic nitrogens is 3. The molecular formula is C20H28N4O3. The van der Waals surface area contributed by atoms with Crippen molar-refractivity contribution in [3.8, 4) is 0 Å². The second kappa shape index (κ2) is 8.99. The van der Waals surface area contributed by atoms with E-state index in [2.05, 4.69) is 12.0 Å². The number of carbonyl (C=O) groups is 1. The van der Waals surface area contributed by atoms with E-state index in [1.807, 2.05) is 30.3 Å². The van der Waals surface area contributed by atoms with Crippen molar-refractivity contribution in [2.45, 2.75) is 58.2 Å². The molecule has 1 fully saturated rings. The van der Waals surface area contributed by atoms with Crippen LogP contribution in [0.15, 0.2) is 35.1 Å². The van der Waals surface area contributed by atoms with E-state index in [4.69, 9.17) is 0 Å². The largest absolute Gasteiger partial charge is 0.391 e. The standard InChI is InChI=1S/C20H28N4O3/c1-2-3-11-18-21-24(15-19(26)22-12-7-10-17(25)14-22)20(27)23(18)13-16-8-5-4-6-9-16/h4-6,8-9,17,25H,2-3,7,10-15H2,1H3/t17-/m0/s1. The monoisotopic (exact) mass is 372 g/mol. The second-order valence-electron chi connectivity index (χ2n) is 7.17. The molecule has 0 unspecified atom stereocenters. The van der Waals surface area contributed by atoms with E-state index in [0.717, 1.165) is 37.1 Å². The molecule has 2 heterocycles. The first-order valence-corrected chi connectivity index (χ1v) is 9.74. The minimum absolute atomic E-state index is 0.0769. The van der Waals surface area contributed by atoms with Gasteiger partial charge in [-0.15, -0.1) is 0 Å². The van der Waals surface area contributed by atoms with Gasteiger partial charge >= 0.3 is 5.69 Å². The molecule has 1 N–H and O–H groups in total. The van der Waals surface area contributed by atoms with Gasteiger partial charge in [0.15, 0.2) is 0 Å². The lowest BCUT2D eigenvalue weighted by molar-refractivity contribution is -0.135. The fraction of sp³-hybridized carbons (Fsp3) is 0.550. The fourth-order valence-electron chi connectivity index (χ4n) is 3.44. The van der Waals surface area contributed by atoms with Crippen molar-refractivity contribution >= 4 is 5.91 Å². The van der Waals surface area contributed by atoms with E-state index in [-0.39, 0.29) is 18.1 Å². The number of nitrogens with zero attached hydrogens (tertiary/aromatic N) is 4. The Balaban J connectivity index is 1.80. The van der Waals surface area contributed by atoms with Crippen molar-refractivity contribution in [2.75, 3.05) is 13.1 Å². The van der Waals surface area contributed by atoms with Crippen molar-refractivity contribution in [3.63, 3.8) is 0 Å². The Morgan fingerprint density at radius 2 is 2.07 bits per heavy atom. The summed E-state index contributed by atoms with van der Waals surface area (Å²) >= 11 is 0. The Hall–Kier alpha value is -2.41. The topological polar surface area (TPSA) is 80.4 Å². The average molecular weight is 372 g/mol. The number of likely N-dealkylation sites (tertiary alicyclic amines) is 1. The van der Waals surface area contributed by atoms with E-state index in [1.54, 1.807) is 9.47 Å². The van der Waals surface area contributed by atoms with E-state index < -0.39 is 6.10 Å². The molecule has 0 saturated carbocycles. The predicted octanol–water partition coefficient (Wildman–Crippen LogP) is 1.42. The number of benzene rings is 1. The molecule has 27 heavy (non-hydrogen) atoms. The highest BCUT2D eigenvalue weighted by Gasteiger charge is 2.24. The number of hydrogen-bond acceptors (Lipinski definition) is 4. The molecule has 0 radical (unpaired) electrons.